The predicted octanol–water partition coefficient (Wildman–Crippen LogP) is 0.383. The lowest BCUT2D eigenvalue weighted by molar-refractivity contribution is -0.140. The molecule has 1 rings (SSSR count). The molecule has 19 heavy (non-hydrogen) atoms. The molecular formula is C11H17N3O4S. The van der Waals surface area contributed by atoms with Gasteiger partial charge in [-0.2, -0.15) is 0 Å². The molecule has 8 heteroatoms. The Kier molecular flexibility index (Phi) is 5.11. The zero-order valence-electron chi connectivity index (χ0n) is 10.9. The van der Waals surface area contributed by atoms with Gasteiger partial charge in [0.15, 0.2) is 0 Å². The topological polar surface area (TPSA) is 103 Å². The third kappa shape index (κ3) is 4.09. The normalized spacial score (nSPS) is 11.1. The second-order valence-electron chi connectivity index (χ2n) is 3.90. The van der Waals surface area contributed by atoms with Gasteiger partial charge in [0.25, 0.3) is 0 Å². The number of carbonyl (C=O) groups is 1. The molecule has 1 aromatic rings. The standard InChI is InChI=1S/C11H17N3O4S/c1-14(10-5-6-13-8-9(10)12)19(16,17)7-3-4-11(15)18-2/h5-6,8H,3-4,7,12H2,1-2H3. The summed E-state index contributed by atoms with van der Waals surface area (Å²) in [7, 11) is -0.842. The van der Waals surface area contributed by atoms with E-state index in [9.17, 15) is 13.2 Å². The van der Waals surface area contributed by atoms with Crippen LogP contribution in [0.2, 0.25) is 0 Å². The van der Waals surface area contributed by atoms with Crippen molar-refractivity contribution in [2.24, 2.45) is 0 Å². The fraction of sp³-hybridized carbons (Fsp3) is 0.455. The van der Waals surface area contributed by atoms with Crippen LogP contribution in [0, 0.1) is 0 Å². The van der Waals surface area contributed by atoms with Crippen molar-refractivity contribution in [2.45, 2.75) is 12.8 Å². The molecule has 0 saturated carbocycles. The van der Waals surface area contributed by atoms with Crippen molar-refractivity contribution in [3.63, 3.8) is 0 Å². The van der Waals surface area contributed by atoms with E-state index in [-0.39, 0.29) is 24.3 Å². The molecule has 0 aliphatic carbocycles. The Morgan fingerprint density at radius 1 is 1.53 bits per heavy atom. The van der Waals surface area contributed by atoms with Gasteiger partial charge in [0.2, 0.25) is 10.0 Å². The molecule has 0 radical (unpaired) electrons. The number of sulfonamides is 1. The molecule has 0 spiro atoms. The summed E-state index contributed by atoms with van der Waals surface area (Å²) in [6.45, 7) is 0. The van der Waals surface area contributed by atoms with E-state index in [0.29, 0.717) is 5.69 Å². The van der Waals surface area contributed by atoms with Crippen LogP contribution in [0.4, 0.5) is 11.4 Å². The first kappa shape index (κ1) is 15.2. The van der Waals surface area contributed by atoms with Crippen molar-refractivity contribution in [2.75, 3.05) is 29.9 Å². The molecule has 0 saturated heterocycles. The van der Waals surface area contributed by atoms with Crippen molar-refractivity contribution in [3.8, 4) is 0 Å². The second kappa shape index (κ2) is 6.37. The number of ether oxygens (including phenoxy) is 1. The number of aromatic nitrogens is 1. The predicted molar refractivity (Wildman–Crippen MR) is 72.1 cm³/mol. The maximum Gasteiger partial charge on any atom is 0.305 e. The minimum atomic E-state index is -3.52. The van der Waals surface area contributed by atoms with E-state index in [1.54, 1.807) is 0 Å². The largest absolute Gasteiger partial charge is 0.469 e. The van der Waals surface area contributed by atoms with E-state index in [0.717, 1.165) is 4.31 Å². The number of methoxy groups -OCH3 is 1. The van der Waals surface area contributed by atoms with E-state index in [4.69, 9.17) is 5.73 Å². The average molecular weight is 287 g/mol. The smallest absolute Gasteiger partial charge is 0.305 e. The van der Waals surface area contributed by atoms with Crippen molar-refractivity contribution >= 4 is 27.4 Å². The SMILES string of the molecule is COC(=O)CCCS(=O)(=O)N(C)c1ccncc1N. The maximum atomic E-state index is 12.1. The molecule has 0 atom stereocenters. The van der Waals surface area contributed by atoms with Crippen molar-refractivity contribution in [1.82, 2.24) is 4.98 Å². The molecule has 0 aliphatic rings. The summed E-state index contributed by atoms with van der Waals surface area (Å²) in [5, 5.41) is 0. The van der Waals surface area contributed by atoms with Gasteiger partial charge in [-0.3, -0.25) is 14.1 Å². The summed E-state index contributed by atoms with van der Waals surface area (Å²) in [6.07, 6.45) is 3.11. The van der Waals surface area contributed by atoms with Crippen LogP contribution >= 0.6 is 0 Å². The first-order valence-electron chi connectivity index (χ1n) is 5.61. The lowest BCUT2D eigenvalue weighted by Gasteiger charge is -2.20. The summed E-state index contributed by atoms with van der Waals surface area (Å²) in [6, 6.07) is 1.52. The Morgan fingerprint density at radius 3 is 2.79 bits per heavy atom. The van der Waals surface area contributed by atoms with Crippen LogP contribution in [0.15, 0.2) is 18.5 Å². The monoisotopic (exact) mass is 287 g/mol. The number of nitrogens with zero attached hydrogens (tertiary/aromatic N) is 2. The van der Waals surface area contributed by atoms with Crippen LogP contribution in [0.5, 0.6) is 0 Å². The van der Waals surface area contributed by atoms with E-state index in [1.807, 2.05) is 0 Å². The van der Waals surface area contributed by atoms with Crippen molar-refractivity contribution in [1.29, 1.82) is 0 Å². The molecule has 2 N–H and O–H groups in total. The second-order valence-corrected chi connectivity index (χ2v) is 6.02. The number of hydrogen-bond donors (Lipinski definition) is 1. The number of carbonyl (C=O) groups excluding carboxylic acids is 1. The van der Waals surface area contributed by atoms with Crippen molar-refractivity contribution < 1.29 is 17.9 Å². The van der Waals surface area contributed by atoms with Crippen LogP contribution in [-0.4, -0.2) is 39.3 Å². The first-order valence-corrected chi connectivity index (χ1v) is 7.22. The molecule has 7 nitrogen and oxygen atoms in total. The Bertz CT molecular complexity index is 545. The van der Waals surface area contributed by atoms with Crippen LogP contribution in [0.3, 0.4) is 0 Å². The van der Waals surface area contributed by atoms with Gasteiger partial charge in [-0.1, -0.05) is 0 Å². The summed E-state index contributed by atoms with van der Waals surface area (Å²) >= 11 is 0. The van der Waals surface area contributed by atoms with Crippen LogP contribution in [0.25, 0.3) is 0 Å². The lowest BCUT2D eigenvalue weighted by Crippen LogP contribution is -2.30. The van der Waals surface area contributed by atoms with Gasteiger partial charge in [-0.05, 0) is 12.5 Å². The summed E-state index contributed by atoms with van der Waals surface area (Å²) in [5.41, 5.74) is 6.32. The molecule has 1 aromatic heterocycles. The third-order valence-corrected chi connectivity index (χ3v) is 4.43. The molecule has 0 unspecified atom stereocenters. The lowest BCUT2D eigenvalue weighted by atomic mass is 10.3. The molecule has 0 fully saturated rings. The summed E-state index contributed by atoms with van der Waals surface area (Å²) < 4.78 is 29.7. The number of pyridine rings is 1. The molecule has 1 heterocycles. The Balaban J connectivity index is 2.72. The minimum Gasteiger partial charge on any atom is -0.469 e. The highest BCUT2D eigenvalue weighted by Crippen LogP contribution is 2.23. The minimum absolute atomic E-state index is 0.0649. The molecular weight excluding hydrogens is 270 g/mol. The number of hydrogen-bond acceptors (Lipinski definition) is 6. The Morgan fingerprint density at radius 2 is 2.21 bits per heavy atom. The number of rotatable bonds is 6. The van der Waals surface area contributed by atoms with Gasteiger partial charge >= 0.3 is 5.97 Å². The number of nitrogen functional groups attached to an aromatic ring is 1. The summed E-state index contributed by atoms with van der Waals surface area (Å²) in [4.78, 5) is 14.7. The van der Waals surface area contributed by atoms with Gasteiger partial charge < -0.3 is 10.5 Å². The molecule has 0 aliphatic heterocycles. The highest BCUT2D eigenvalue weighted by molar-refractivity contribution is 7.92. The van der Waals surface area contributed by atoms with Gasteiger partial charge in [-0.25, -0.2) is 8.42 Å². The van der Waals surface area contributed by atoms with E-state index >= 15 is 0 Å². The van der Waals surface area contributed by atoms with Gasteiger partial charge in [0, 0.05) is 19.7 Å². The quantitative estimate of drug-likeness (QED) is 0.759. The fourth-order valence-corrected chi connectivity index (χ4v) is 2.72. The average Bonchev–Trinajstić information content (AvgIpc) is 2.38. The molecule has 0 amide bonds. The molecule has 106 valence electrons. The summed E-state index contributed by atoms with van der Waals surface area (Å²) in [5.74, 6) is -0.582. The zero-order chi connectivity index (χ0) is 14.5. The van der Waals surface area contributed by atoms with E-state index < -0.39 is 16.0 Å². The van der Waals surface area contributed by atoms with Gasteiger partial charge in [0.1, 0.15) is 0 Å². The van der Waals surface area contributed by atoms with Crippen LogP contribution in [0.1, 0.15) is 12.8 Å². The van der Waals surface area contributed by atoms with Crippen molar-refractivity contribution in [3.05, 3.63) is 18.5 Å². The Hall–Kier alpha value is -1.83. The highest BCUT2D eigenvalue weighted by Gasteiger charge is 2.20. The zero-order valence-corrected chi connectivity index (χ0v) is 11.7. The highest BCUT2D eigenvalue weighted by atomic mass is 32.2. The molecule has 0 aromatic carbocycles. The number of nitrogens with two attached hydrogens (primary N) is 1. The maximum absolute atomic E-state index is 12.1. The number of anilines is 2. The van der Waals surface area contributed by atoms with E-state index in [1.165, 1.54) is 32.6 Å². The molecule has 0 bridgehead atoms. The third-order valence-electron chi connectivity index (χ3n) is 2.60. The first-order chi connectivity index (χ1) is 8.88. The number of esters is 1. The fourth-order valence-electron chi connectivity index (χ4n) is 1.47. The van der Waals surface area contributed by atoms with Gasteiger partial charge in [-0.15, -0.1) is 0 Å². The van der Waals surface area contributed by atoms with E-state index in [2.05, 4.69) is 9.72 Å². The Labute approximate surface area is 112 Å². The van der Waals surface area contributed by atoms with Crippen LogP contribution < -0.4 is 10.0 Å². The van der Waals surface area contributed by atoms with Gasteiger partial charge in [0.05, 0.1) is 30.4 Å². The van der Waals surface area contributed by atoms with Crippen LogP contribution in [-0.2, 0) is 19.6 Å².